The van der Waals surface area contributed by atoms with Gasteiger partial charge in [-0.15, -0.1) is 0 Å². The number of aromatic amines is 1. The van der Waals surface area contributed by atoms with Crippen LogP contribution in [0.1, 0.15) is 16.1 Å². The fourth-order valence-corrected chi connectivity index (χ4v) is 1.53. The third kappa shape index (κ3) is 3.91. The molecule has 0 saturated heterocycles. The first-order chi connectivity index (χ1) is 9.65. The van der Waals surface area contributed by atoms with Gasteiger partial charge >= 0.3 is 0 Å². The Labute approximate surface area is 114 Å². The number of H-pyrrole nitrogens is 1. The number of carbonyl (C=O) groups excluding carboxylic acids is 2. The monoisotopic (exact) mass is 276 g/mol. The molecule has 0 unspecified atom stereocenters. The van der Waals surface area contributed by atoms with Crippen LogP contribution in [0.2, 0.25) is 0 Å². The predicted molar refractivity (Wildman–Crippen MR) is 69.2 cm³/mol. The number of aromatic nitrogens is 2. The predicted octanol–water partition coefficient (Wildman–Crippen LogP) is 0.595. The Balaban J connectivity index is 1.77. The van der Waals surface area contributed by atoms with Gasteiger partial charge in [-0.05, 0) is 18.2 Å². The van der Waals surface area contributed by atoms with Gasteiger partial charge in [0.05, 0.1) is 25.1 Å². The van der Waals surface area contributed by atoms with Crippen LogP contribution in [0.15, 0.2) is 36.8 Å². The van der Waals surface area contributed by atoms with Crippen molar-refractivity contribution in [1.29, 1.82) is 0 Å². The molecule has 0 bridgehead atoms. The molecule has 0 aliphatic carbocycles. The fraction of sp³-hybridized carbons (Fsp3) is 0.154. The Kier molecular flexibility index (Phi) is 4.43. The number of hydrogen-bond donors (Lipinski definition) is 3. The summed E-state index contributed by atoms with van der Waals surface area (Å²) in [7, 11) is 0. The highest BCUT2D eigenvalue weighted by Crippen LogP contribution is 2.02. The van der Waals surface area contributed by atoms with Crippen LogP contribution in [0.5, 0.6) is 0 Å². The van der Waals surface area contributed by atoms with Crippen LogP contribution < -0.4 is 10.6 Å². The summed E-state index contributed by atoms with van der Waals surface area (Å²) in [4.78, 5) is 29.8. The molecule has 104 valence electrons. The SMILES string of the molecule is O=C(CNC(=O)c1cccc(F)c1)NCc1cnc[nH]1. The van der Waals surface area contributed by atoms with E-state index in [-0.39, 0.29) is 18.0 Å². The first kappa shape index (κ1) is 13.7. The lowest BCUT2D eigenvalue weighted by atomic mass is 10.2. The van der Waals surface area contributed by atoms with E-state index < -0.39 is 11.7 Å². The van der Waals surface area contributed by atoms with E-state index in [4.69, 9.17) is 0 Å². The maximum absolute atomic E-state index is 12.9. The van der Waals surface area contributed by atoms with Crippen molar-refractivity contribution in [2.75, 3.05) is 6.54 Å². The lowest BCUT2D eigenvalue weighted by Crippen LogP contribution is -2.36. The van der Waals surface area contributed by atoms with Gasteiger partial charge in [-0.3, -0.25) is 9.59 Å². The number of benzene rings is 1. The Morgan fingerprint density at radius 3 is 2.85 bits per heavy atom. The molecule has 2 rings (SSSR count). The minimum Gasteiger partial charge on any atom is -0.349 e. The van der Waals surface area contributed by atoms with Gasteiger partial charge in [0, 0.05) is 11.8 Å². The Hall–Kier alpha value is -2.70. The number of nitrogens with zero attached hydrogens (tertiary/aromatic N) is 1. The normalized spacial score (nSPS) is 10.1. The van der Waals surface area contributed by atoms with Crippen LogP contribution >= 0.6 is 0 Å². The molecule has 0 aliphatic heterocycles. The van der Waals surface area contributed by atoms with Crippen LogP contribution in [0.3, 0.4) is 0 Å². The number of amides is 2. The van der Waals surface area contributed by atoms with Crippen molar-refractivity contribution < 1.29 is 14.0 Å². The van der Waals surface area contributed by atoms with Crippen molar-refractivity contribution in [3.8, 4) is 0 Å². The molecule has 0 fully saturated rings. The second-order valence-electron chi connectivity index (χ2n) is 4.05. The van der Waals surface area contributed by atoms with Crippen molar-refractivity contribution >= 4 is 11.8 Å². The lowest BCUT2D eigenvalue weighted by Gasteiger charge is -2.06. The summed E-state index contributed by atoms with van der Waals surface area (Å²) in [6.07, 6.45) is 3.10. The standard InChI is InChI=1S/C13H13FN4O2/c14-10-3-1-2-9(4-10)13(20)17-7-12(19)16-6-11-5-15-8-18-11/h1-5,8H,6-7H2,(H,15,18)(H,16,19)(H,17,20). The molecule has 6 nitrogen and oxygen atoms in total. The van der Waals surface area contributed by atoms with Gasteiger partial charge in [0.15, 0.2) is 0 Å². The summed E-state index contributed by atoms with van der Waals surface area (Å²) in [5.41, 5.74) is 0.932. The number of imidazole rings is 1. The molecule has 0 aliphatic rings. The van der Waals surface area contributed by atoms with E-state index in [0.29, 0.717) is 6.54 Å². The summed E-state index contributed by atoms with van der Waals surface area (Å²) < 4.78 is 12.9. The molecule has 1 aromatic carbocycles. The Morgan fingerprint density at radius 1 is 1.30 bits per heavy atom. The van der Waals surface area contributed by atoms with Crippen LogP contribution in [-0.4, -0.2) is 28.3 Å². The quantitative estimate of drug-likeness (QED) is 0.747. The van der Waals surface area contributed by atoms with Gasteiger partial charge in [0.1, 0.15) is 5.82 Å². The molecule has 7 heteroatoms. The third-order valence-corrected chi connectivity index (χ3v) is 2.53. The molecule has 20 heavy (non-hydrogen) atoms. The van der Waals surface area contributed by atoms with E-state index in [1.807, 2.05) is 0 Å². The Morgan fingerprint density at radius 2 is 2.15 bits per heavy atom. The lowest BCUT2D eigenvalue weighted by molar-refractivity contribution is -0.120. The Bertz CT molecular complexity index is 598. The number of rotatable bonds is 5. The molecule has 0 radical (unpaired) electrons. The zero-order valence-electron chi connectivity index (χ0n) is 10.5. The van der Waals surface area contributed by atoms with E-state index in [2.05, 4.69) is 20.6 Å². The smallest absolute Gasteiger partial charge is 0.251 e. The second kappa shape index (κ2) is 6.46. The van der Waals surface area contributed by atoms with Crippen LogP contribution in [0.4, 0.5) is 4.39 Å². The fourth-order valence-electron chi connectivity index (χ4n) is 1.53. The largest absolute Gasteiger partial charge is 0.349 e. The summed E-state index contributed by atoms with van der Waals surface area (Å²) in [5, 5.41) is 5.02. The number of nitrogens with one attached hydrogen (secondary N) is 3. The van der Waals surface area contributed by atoms with Crippen molar-refractivity contribution in [2.45, 2.75) is 6.54 Å². The topological polar surface area (TPSA) is 86.9 Å². The van der Waals surface area contributed by atoms with Crippen LogP contribution in [0, 0.1) is 5.82 Å². The van der Waals surface area contributed by atoms with Crippen LogP contribution in [0.25, 0.3) is 0 Å². The highest BCUT2D eigenvalue weighted by Gasteiger charge is 2.08. The number of hydrogen-bond acceptors (Lipinski definition) is 3. The molecule has 1 heterocycles. The van der Waals surface area contributed by atoms with E-state index in [1.165, 1.54) is 24.5 Å². The van der Waals surface area contributed by atoms with Gasteiger partial charge in [-0.1, -0.05) is 6.07 Å². The van der Waals surface area contributed by atoms with E-state index in [1.54, 1.807) is 6.20 Å². The zero-order chi connectivity index (χ0) is 14.4. The van der Waals surface area contributed by atoms with E-state index in [9.17, 15) is 14.0 Å². The summed E-state index contributed by atoms with van der Waals surface area (Å²) in [6.45, 7) is 0.123. The van der Waals surface area contributed by atoms with Crippen molar-refractivity contribution in [1.82, 2.24) is 20.6 Å². The molecular formula is C13H13FN4O2. The molecule has 2 amide bonds. The summed E-state index contributed by atoms with van der Waals surface area (Å²) >= 11 is 0. The maximum atomic E-state index is 12.9. The minimum absolute atomic E-state index is 0.173. The summed E-state index contributed by atoms with van der Waals surface area (Å²) in [5.74, 6) is -1.34. The van der Waals surface area contributed by atoms with Gasteiger partial charge in [0.2, 0.25) is 5.91 Å². The average Bonchev–Trinajstić information content (AvgIpc) is 2.95. The number of halogens is 1. The molecule has 0 spiro atoms. The molecular weight excluding hydrogens is 263 g/mol. The molecule has 1 aromatic heterocycles. The highest BCUT2D eigenvalue weighted by molar-refractivity contribution is 5.96. The van der Waals surface area contributed by atoms with Gasteiger partial charge < -0.3 is 15.6 Å². The number of carbonyl (C=O) groups is 2. The first-order valence-electron chi connectivity index (χ1n) is 5.93. The van der Waals surface area contributed by atoms with Crippen molar-refractivity contribution in [2.24, 2.45) is 0 Å². The molecule has 0 atom stereocenters. The van der Waals surface area contributed by atoms with Gasteiger partial charge in [0.25, 0.3) is 5.91 Å². The first-order valence-corrected chi connectivity index (χ1v) is 5.93. The van der Waals surface area contributed by atoms with Crippen molar-refractivity contribution in [3.05, 3.63) is 53.9 Å². The zero-order valence-corrected chi connectivity index (χ0v) is 10.5. The van der Waals surface area contributed by atoms with E-state index in [0.717, 1.165) is 11.8 Å². The molecule has 2 aromatic rings. The molecule has 0 saturated carbocycles. The maximum Gasteiger partial charge on any atom is 0.251 e. The van der Waals surface area contributed by atoms with Gasteiger partial charge in [-0.25, -0.2) is 9.37 Å². The third-order valence-electron chi connectivity index (χ3n) is 2.53. The summed E-state index contributed by atoms with van der Waals surface area (Å²) in [6, 6.07) is 5.26. The van der Waals surface area contributed by atoms with Crippen molar-refractivity contribution in [3.63, 3.8) is 0 Å². The van der Waals surface area contributed by atoms with Gasteiger partial charge in [-0.2, -0.15) is 0 Å². The molecule has 3 N–H and O–H groups in total. The average molecular weight is 276 g/mol. The minimum atomic E-state index is -0.499. The highest BCUT2D eigenvalue weighted by atomic mass is 19.1. The van der Waals surface area contributed by atoms with E-state index >= 15 is 0 Å². The second-order valence-corrected chi connectivity index (χ2v) is 4.05. The van der Waals surface area contributed by atoms with Crippen LogP contribution in [-0.2, 0) is 11.3 Å².